The van der Waals surface area contributed by atoms with Crippen molar-refractivity contribution in [1.82, 2.24) is 9.97 Å². The second-order valence-corrected chi connectivity index (χ2v) is 4.50. The Balaban J connectivity index is 2.02. The van der Waals surface area contributed by atoms with Gasteiger partial charge in [-0.25, -0.2) is 4.98 Å². The molecule has 18 heavy (non-hydrogen) atoms. The van der Waals surface area contributed by atoms with Gasteiger partial charge in [-0.15, -0.1) is 0 Å². The zero-order chi connectivity index (χ0) is 12.8. The van der Waals surface area contributed by atoms with E-state index in [2.05, 4.69) is 31.2 Å². The van der Waals surface area contributed by atoms with Gasteiger partial charge in [0.25, 0.3) is 0 Å². The van der Waals surface area contributed by atoms with Gasteiger partial charge in [0.2, 0.25) is 0 Å². The van der Waals surface area contributed by atoms with E-state index in [1.807, 2.05) is 31.2 Å². The lowest BCUT2D eigenvalue weighted by atomic mass is 10.2. The number of hydrogen-bond acceptors (Lipinski definition) is 4. The van der Waals surface area contributed by atoms with Crippen LogP contribution in [0.25, 0.3) is 0 Å². The molecular weight excluding hydrogens is 294 g/mol. The van der Waals surface area contributed by atoms with Crippen molar-refractivity contribution in [3.63, 3.8) is 0 Å². The summed E-state index contributed by atoms with van der Waals surface area (Å²) < 4.78 is 6.05. The van der Waals surface area contributed by atoms with E-state index in [1.165, 1.54) is 0 Å². The minimum atomic E-state index is 0.646. The van der Waals surface area contributed by atoms with Crippen molar-refractivity contribution in [2.75, 3.05) is 11.9 Å². The van der Waals surface area contributed by atoms with E-state index in [-0.39, 0.29) is 0 Å². The Morgan fingerprint density at radius 2 is 2.00 bits per heavy atom. The first-order chi connectivity index (χ1) is 8.78. The van der Waals surface area contributed by atoms with Crippen LogP contribution < -0.4 is 5.32 Å². The molecule has 94 valence electrons. The van der Waals surface area contributed by atoms with Gasteiger partial charge in [-0.1, -0.05) is 12.1 Å². The van der Waals surface area contributed by atoms with Crippen LogP contribution in [0.3, 0.4) is 0 Å². The van der Waals surface area contributed by atoms with Gasteiger partial charge >= 0.3 is 0 Å². The minimum Gasteiger partial charge on any atom is -0.377 e. The zero-order valence-corrected chi connectivity index (χ0v) is 11.6. The molecule has 0 saturated carbocycles. The summed E-state index contributed by atoms with van der Waals surface area (Å²) >= 11 is 3.29. The molecule has 0 atom stereocenters. The topological polar surface area (TPSA) is 47.0 Å². The molecule has 0 unspecified atom stereocenters. The fourth-order valence-corrected chi connectivity index (χ4v) is 1.76. The van der Waals surface area contributed by atoms with E-state index in [9.17, 15) is 0 Å². The van der Waals surface area contributed by atoms with Gasteiger partial charge in [0, 0.05) is 12.3 Å². The molecule has 1 heterocycles. The fourth-order valence-electron chi connectivity index (χ4n) is 1.45. The summed E-state index contributed by atoms with van der Waals surface area (Å²) in [5, 5.41) is 3.18. The lowest BCUT2D eigenvalue weighted by Crippen LogP contribution is -1.96. The van der Waals surface area contributed by atoms with Gasteiger partial charge in [0.1, 0.15) is 10.4 Å². The van der Waals surface area contributed by atoms with Crippen LogP contribution in [0.2, 0.25) is 0 Å². The standard InChI is InChI=1S/C13H14BrN3O/c1-2-18-9-10-3-5-11(6-4-10)16-13-8-15-7-12(14)17-13/h3-8H,2,9H2,1H3,(H,16,17). The number of benzene rings is 1. The van der Waals surface area contributed by atoms with Gasteiger partial charge in [0.15, 0.2) is 0 Å². The molecular formula is C13H14BrN3O. The maximum atomic E-state index is 5.34. The molecule has 0 amide bonds. The summed E-state index contributed by atoms with van der Waals surface area (Å²) in [4.78, 5) is 8.31. The predicted molar refractivity (Wildman–Crippen MR) is 74.8 cm³/mol. The van der Waals surface area contributed by atoms with Gasteiger partial charge in [-0.05, 0) is 40.5 Å². The second kappa shape index (κ2) is 6.47. The summed E-state index contributed by atoms with van der Waals surface area (Å²) in [6.07, 6.45) is 3.33. The monoisotopic (exact) mass is 307 g/mol. The van der Waals surface area contributed by atoms with E-state index in [1.54, 1.807) is 12.4 Å². The quantitative estimate of drug-likeness (QED) is 0.918. The number of nitrogens with zero attached hydrogens (tertiary/aromatic N) is 2. The van der Waals surface area contributed by atoms with Crippen LogP contribution in [0.4, 0.5) is 11.5 Å². The molecule has 1 N–H and O–H groups in total. The Hall–Kier alpha value is -1.46. The van der Waals surface area contributed by atoms with Crippen LogP contribution in [-0.2, 0) is 11.3 Å². The highest BCUT2D eigenvalue weighted by molar-refractivity contribution is 9.10. The Bertz CT molecular complexity index is 502. The lowest BCUT2D eigenvalue weighted by Gasteiger charge is -2.06. The largest absolute Gasteiger partial charge is 0.377 e. The molecule has 1 aromatic carbocycles. The number of nitrogens with one attached hydrogen (secondary N) is 1. The fraction of sp³-hybridized carbons (Fsp3) is 0.231. The maximum absolute atomic E-state index is 5.34. The van der Waals surface area contributed by atoms with Crippen molar-refractivity contribution in [3.8, 4) is 0 Å². The number of halogens is 1. The normalized spacial score (nSPS) is 10.3. The summed E-state index contributed by atoms with van der Waals surface area (Å²) in [6, 6.07) is 8.06. The summed E-state index contributed by atoms with van der Waals surface area (Å²) in [7, 11) is 0. The van der Waals surface area contributed by atoms with Crippen molar-refractivity contribution in [3.05, 3.63) is 46.8 Å². The number of hydrogen-bond donors (Lipinski definition) is 1. The molecule has 0 fully saturated rings. The van der Waals surface area contributed by atoms with Crippen molar-refractivity contribution >= 4 is 27.4 Å². The zero-order valence-electron chi connectivity index (χ0n) is 10.1. The molecule has 0 aliphatic carbocycles. The molecule has 2 rings (SSSR count). The molecule has 2 aromatic rings. The highest BCUT2D eigenvalue weighted by Gasteiger charge is 1.98. The number of rotatable bonds is 5. The number of ether oxygens (including phenoxy) is 1. The first-order valence-electron chi connectivity index (χ1n) is 5.69. The highest BCUT2D eigenvalue weighted by Crippen LogP contribution is 2.16. The van der Waals surface area contributed by atoms with Crippen LogP contribution in [0.15, 0.2) is 41.3 Å². The number of anilines is 2. The Kier molecular flexibility index (Phi) is 4.66. The Morgan fingerprint density at radius 1 is 1.22 bits per heavy atom. The van der Waals surface area contributed by atoms with Crippen molar-refractivity contribution in [1.29, 1.82) is 0 Å². The van der Waals surface area contributed by atoms with Gasteiger partial charge < -0.3 is 10.1 Å². The number of aromatic nitrogens is 2. The Labute approximate surface area is 115 Å². The van der Waals surface area contributed by atoms with Crippen LogP contribution >= 0.6 is 15.9 Å². The molecule has 0 aliphatic heterocycles. The molecule has 0 radical (unpaired) electrons. The first kappa shape index (κ1) is 13.0. The van der Waals surface area contributed by atoms with Crippen molar-refractivity contribution in [2.24, 2.45) is 0 Å². The van der Waals surface area contributed by atoms with Crippen molar-refractivity contribution in [2.45, 2.75) is 13.5 Å². The minimum absolute atomic E-state index is 0.646. The molecule has 0 aliphatic rings. The second-order valence-electron chi connectivity index (χ2n) is 3.69. The Morgan fingerprint density at radius 3 is 2.67 bits per heavy atom. The van der Waals surface area contributed by atoms with Crippen LogP contribution in [0, 0.1) is 0 Å². The van der Waals surface area contributed by atoms with Crippen molar-refractivity contribution < 1.29 is 4.74 Å². The van der Waals surface area contributed by atoms with E-state index in [0.717, 1.165) is 17.9 Å². The molecule has 0 bridgehead atoms. The van der Waals surface area contributed by atoms with E-state index < -0.39 is 0 Å². The molecule has 5 heteroatoms. The predicted octanol–water partition coefficient (Wildman–Crippen LogP) is 3.52. The van der Waals surface area contributed by atoms with Crippen LogP contribution in [-0.4, -0.2) is 16.6 Å². The molecule has 1 aromatic heterocycles. The summed E-state index contributed by atoms with van der Waals surface area (Å²) in [5.74, 6) is 0.710. The first-order valence-corrected chi connectivity index (χ1v) is 6.48. The average Bonchev–Trinajstić information content (AvgIpc) is 2.38. The molecule has 0 spiro atoms. The smallest absolute Gasteiger partial charge is 0.150 e. The van der Waals surface area contributed by atoms with Gasteiger partial charge in [0.05, 0.1) is 19.0 Å². The summed E-state index contributed by atoms with van der Waals surface area (Å²) in [5.41, 5.74) is 2.13. The third kappa shape index (κ3) is 3.78. The van der Waals surface area contributed by atoms with Crippen LogP contribution in [0.5, 0.6) is 0 Å². The van der Waals surface area contributed by atoms with Gasteiger partial charge in [-0.3, -0.25) is 4.98 Å². The van der Waals surface area contributed by atoms with E-state index >= 15 is 0 Å². The SMILES string of the molecule is CCOCc1ccc(Nc2cncc(Br)n2)cc1. The average molecular weight is 308 g/mol. The molecule has 4 nitrogen and oxygen atoms in total. The van der Waals surface area contributed by atoms with Crippen LogP contribution in [0.1, 0.15) is 12.5 Å². The van der Waals surface area contributed by atoms with E-state index in [0.29, 0.717) is 17.0 Å². The molecule has 0 saturated heterocycles. The highest BCUT2D eigenvalue weighted by atomic mass is 79.9. The summed E-state index contributed by atoms with van der Waals surface area (Å²) in [6.45, 7) is 3.36. The third-order valence-electron chi connectivity index (χ3n) is 2.30. The maximum Gasteiger partial charge on any atom is 0.150 e. The van der Waals surface area contributed by atoms with Gasteiger partial charge in [-0.2, -0.15) is 0 Å². The third-order valence-corrected chi connectivity index (χ3v) is 2.69. The lowest BCUT2D eigenvalue weighted by molar-refractivity contribution is 0.134. The van der Waals surface area contributed by atoms with E-state index in [4.69, 9.17) is 4.74 Å².